The van der Waals surface area contributed by atoms with Crippen molar-refractivity contribution in [2.24, 2.45) is 0 Å². The smallest absolute Gasteiger partial charge is 0.00201 e. The molecule has 0 radical (unpaired) electrons. The maximum absolute atomic E-state index is 2.24. The zero-order valence-electron chi connectivity index (χ0n) is 12.0. The van der Waals surface area contributed by atoms with Gasteiger partial charge in [-0.2, -0.15) is 0 Å². The standard InChI is InChI=1S/C14H12.2C2H6/c1-2-6-12-10-14-8-4-3-7-13(14)9-11(12)5-1;2*1-2/h1-8H,9-10H2;2*1-2H3. The molecule has 2 aromatic rings. The second-order valence-corrected chi connectivity index (χ2v) is 3.89. The number of rotatable bonds is 0. The van der Waals surface area contributed by atoms with Crippen molar-refractivity contribution in [2.75, 3.05) is 0 Å². The van der Waals surface area contributed by atoms with Crippen LogP contribution in [-0.4, -0.2) is 0 Å². The summed E-state index contributed by atoms with van der Waals surface area (Å²) in [6, 6.07) is 17.5. The highest BCUT2D eigenvalue weighted by Gasteiger charge is 2.12. The van der Waals surface area contributed by atoms with E-state index in [0.717, 1.165) is 12.8 Å². The monoisotopic (exact) mass is 240 g/mol. The van der Waals surface area contributed by atoms with Crippen molar-refractivity contribution in [3.05, 3.63) is 70.8 Å². The molecule has 0 amide bonds. The molecule has 0 bridgehead atoms. The highest BCUT2D eigenvalue weighted by molar-refractivity contribution is 5.44. The normalized spacial score (nSPS) is 10.9. The van der Waals surface area contributed by atoms with Gasteiger partial charge in [0.25, 0.3) is 0 Å². The van der Waals surface area contributed by atoms with Crippen LogP contribution in [0.5, 0.6) is 0 Å². The molecule has 1 aliphatic rings. The van der Waals surface area contributed by atoms with Crippen LogP contribution in [0.2, 0.25) is 0 Å². The maximum atomic E-state index is 2.24. The number of benzene rings is 2. The van der Waals surface area contributed by atoms with E-state index in [0.29, 0.717) is 0 Å². The Balaban J connectivity index is 0.000000371. The van der Waals surface area contributed by atoms with E-state index in [-0.39, 0.29) is 0 Å². The quantitative estimate of drug-likeness (QED) is 0.504. The summed E-state index contributed by atoms with van der Waals surface area (Å²) in [4.78, 5) is 0. The van der Waals surface area contributed by atoms with Gasteiger partial charge in [-0.05, 0) is 35.1 Å². The Labute approximate surface area is 112 Å². The van der Waals surface area contributed by atoms with Gasteiger partial charge in [-0.3, -0.25) is 0 Å². The summed E-state index contributed by atoms with van der Waals surface area (Å²) in [6.07, 6.45) is 2.21. The van der Waals surface area contributed by atoms with E-state index in [4.69, 9.17) is 0 Å². The van der Waals surface area contributed by atoms with E-state index in [2.05, 4.69) is 48.5 Å². The van der Waals surface area contributed by atoms with E-state index < -0.39 is 0 Å². The second-order valence-electron chi connectivity index (χ2n) is 3.89. The lowest BCUT2D eigenvalue weighted by Crippen LogP contribution is -2.06. The Kier molecular flexibility index (Phi) is 6.21. The molecular weight excluding hydrogens is 216 g/mol. The number of hydrogen-bond donors (Lipinski definition) is 0. The molecule has 0 fully saturated rings. The minimum absolute atomic E-state index is 1.10. The molecule has 0 aromatic heterocycles. The van der Waals surface area contributed by atoms with Gasteiger partial charge in [0.1, 0.15) is 0 Å². The molecule has 0 nitrogen and oxygen atoms in total. The summed E-state index contributed by atoms with van der Waals surface area (Å²) in [5.41, 5.74) is 5.97. The fourth-order valence-corrected chi connectivity index (χ4v) is 2.22. The van der Waals surface area contributed by atoms with E-state index >= 15 is 0 Å². The second kappa shape index (κ2) is 7.71. The van der Waals surface area contributed by atoms with Crippen molar-refractivity contribution in [1.29, 1.82) is 0 Å². The summed E-state index contributed by atoms with van der Waals surface area (Å²) in [5.74, 6) is 0. The minimum Gasteiger partial charge on any atom is -0.0683 e. The fourth-order valence-electron chi connectivity index (χ4n) is 2.22. The third kappa shape index (κ3) is 3.22. The van der Waals surface area contributed by atoms with Gasteiger partial charge in [-0.25, -0.2) is 0 Å². The summed E-state index contributed by atoms with van der Waals surface area (Å²) >= 11 is 0. The highest BCUT2D eigenvalue weighted by atomic mass is 14.2. The molecule has 0 heteroatoms. The molecule has 96 valence electrons. The Hall–Kier alpha value is -1.56. The molecular formula is C18H24. The molecule has 0 atom stereocenters. The van der Waals surface area contributed by atoms with Crippen LogP contribution in [-0.2, 0) is 12.8 Å². The minimum atomic E-state index is 1.10. The lowest BCUT2D eigenvalue weighted by molar-refractivity contribution is 1.00. The molecule has 0 unspecified atom stereocenters. The Morgan fingerprint density at radius 3 is 0.944 bits per heavy atom. The van der Waals surface area contributed by atoms with Crippen molar-refractivity contribution >= 4 is 0 Å². The predicted octanol–water partition coefficient (Wildman–Crippen LogP) is 5.23. The van der Waals surface area contributed by atoms with Crippen LogP contribution in [0.15, 0.2) is 48.5 Å². The molecule has 18 heavy (non-hydrogen) atoms. The maximum Gasteiger partial charge on any atom is -0.00201 e. The zero-order chi connectivity index (χ0) is 13.4. The van der Waals surface area contributed by atoms with Crippen molar-refractivity contribution < 1.29 is 0 Å². The molecule has 0 spiro atoms. The SMILES string of the molecule is CC.CC.c1ccc2c(c1)Cc1ccccc1C2. The first-order valence-electron chi connectivity index (χ1n) is 7.07. The van der Waals surface area contributed by atoms with Gasteiger partial charge in [0, 0.05) is 0 Å². The van der Waals surface area contributed by atoms with Gasteiger partial charge in [-0.15, -0.1) is 0 Å². The summed E-state index contributed by atoms with van der Waals surface area (Å²) in [7, 11) is 0. The molecule has 1 aliphatic carbocycles. The summed E-state index contributed by atoms with van der Waals surface area (Å²) < 4.78 is 0. The zero-order valence-corrected chi connectivity index (χ0v) is 12.0. The average Bonchev–Trinajstić information content (AvgIpc) is 2.49. The van der Waals surface area contributed by atoms with Crippen LogP contribution in [0.1, 0.15) is 49.9 Å². The summed E-state index contributed by atoms with van der Waals surface area (Å²) in [6.45, 7) is 8.00. The van der Waals surface area contributed by atoms with Gasteiger partial charge in [0.2, 0.25) is 0 Å². The van der Waals surface area contributed by atoms with Gasteiger partial charge >= 0.3 is 0 Å². The Morgan fingerprint density at radius 2 is 0.722 bits per heavy atom. The predicted molar refractivity (Wildman–Crippen MR) is 81.2 cm³/mol. The topological polar surface area (TPSA) is 0 Å². The van der Waals surface area contributed by atoms with Gasteiger partial charge in [0.05, 0.1) is 0 Å². The number of hydrogen-bond acceptors (Lipinski definition) is 0. The van der Waals surface area contributed by atoms with Crippen molar-refractivity contribution in [1.82, 2.24) is 0 Å². The Morgan fingerprint density at radius 1 is 0.500 bits per heavy atom. The first kappa shape index (κ1) is 14.5. The van der Waals surface area contributed by atoms with E-state index in [1.54, 1.807) is 0 Å². The molecule has 2 aromatic carbocycles. The summed E-state index contributed by atoms with van der Waals surface area (Å²) in [5, 5.41) is 0. The highest BCUT2D eigenvalue weighted by Crippen LogP contribution is 2.26. The van der Waals surface area contributed by atoms with Crippen molar-refractivity contribution in [3.63, 3.8) is 0 Å². The molecule has 0 saturated carbocycles. The largest absolute Gasteiger partial charge is 0.0683 e. The first-order valence-corrected chi connectivity index (χ1v) is 7.07. The average molecular weight is 240 g/mol. The number of fused-ring (bicyclic) bond motifs is 2. The molecule has 0 N–H and O–H groups in total. The molecule has 0 aliphatic heterocycles. The lowest BCUT2D eigenvalue weighted by Gasteiger charge is -2.18. The van der Waals surface area contributed by atoms with E-state index in [1.807, 2.05) is 27.7 Å². The third-order valence-electron chi connectivity index (χ3n) is 3.00. The van der Waals surface area contributed by atoms with Crippen LogP contribution in [0.4, 0.5) is 0 Å². The van der Waals surface area contributed by atoms with Crippen LogP contribution < -0.4 is 0 Å². The molecule has 0 saturated heterocycles. The van der Waals surface area contributed by atoms with Crippen LogP contribution in [0, 0.1) is 0 Å². The van der Waals surface area contributed by atoms with Crippen LogP contribution in [0.25, 0.3) is 0 Å². The van der Waals surface area contributed by atoms with E-state index in [1.165, 1.54) is 22.3 Å². The lowest BCUT2D eigenvalue weighted by atomic mass is 9.86. The van der Waals surface area contributed by atoms with Crippen molar-refractivity contribution in [3.8, 4) is 0 Å². The van der Waals surface area contributed by atoms with Gasteiger partial charge in [0.15, 0.2) is 0 Å². The van der Waals surface area contributed by atoms with Crippen molar-refractivity contribution in [2.45, 2.75) is 40.5 Å². The van der Waals surface area contributed by atoms with Crippen LogP contribution in [0.3, 0.4) is 0 Å². The Bertz CT molecular complexity index is 381. The first-order chi connectivity index (χ1) is 8.93. The van der Waals surface area contributed by atoms with Gasteiger partial charge in [-0.1, -0.05) is 76.2 Å². The van der Waals surface area contributed by atoms with E-state index in [9.17, 15) is 0 Å². The third-order valence-corrected chi connectivity index (χ3v) is 3.00. The van der Waals surface area contributed by atoms with Gasteiger partial charge < -0.3 is 0 Å². The fraction of sp³-hybridized carbons (Fsp3) is 0.333. The molecule has 3 rings (SSSR count). The van der Waals surface area contributed by atoms with Crippen LogP contribution >= 0.6 is 0 Å². The molecule has 0 heterocycles.